The standard InChI is InChI=1S/C15H28N4/c1-6-9-19(11-15(4,5)10-16)13(3)14-12(2)17-7-8-18-14/h7-8,13H,6,9-11,16H2,1-5H3. The van der Waals surface area contributed by atoms with Crippen molar-refractivity contribution in [3.8, 4) is 0 Å². The minimum absolute atomic E-state index is 0.125. The molecule has 0 aliphatic rings. The van der Waals surface area contributed by atoms with Crippen LogP contribution in [0.3, 0.4) is 0 Å². The van der Waals surface area contributed by atoms with Crippen LogP contribution in [0.2, 0.25) is 0 Å². The summed E-state index contributed by atoms with van der Waals surface area (Å²) in [5, 5.41) is 0. The fourth-order valence-electron chi connectivity index (χ4n) is 2.31. The molecule has 0 saturated heterocycles. The summed E-state index contributed by atoms with van der Waals surface area (Å²) in [4.78, 5) is 11.3. The highest BCUT2D eigenvalue weighted by atomic mass is 15.2. The predicted molar refractivity (Wildman–Crippen MR) is 79.9 cm³/mol. The maximum atomic E-state index is 5.86. The Bertz CT molecular complexity index is 389. The molecular weight excluding hydrogens is 236 g/mol. The molecule has 1 aromatic rings. The van der Waals surface area contributed by atoms with Crippen molar-refractivity contribution in [2.75, 3.05) is 19.6 Å². The Balaban J connectivity index is 2.90. The molecule has 1 atom stereocenters. The summed E-state index contributed by atoms with van der Waals surface area (Å²) in [6, 6.07) is 0.277. The van der Waals surface area contributed by atoms with Gasteiger partial charge >= 0.3 is 0 Å². The van der Waals surface area contributed by atoms with Crippen LogP contribution < -0.4 is 5.73 Å². The van der Waals surface area contributed by atoms with Crippen LogP contribution in [-0.4, -0.2) is 34.5 Å². The number of hydrogen-bond donors (Lipinski definition) is 1. The van der Waals surface area contributed by atoms with E-state index in [2.05, 4.69) is 42.6 Å². The molecule has 0 aromatic carbocycles. The van der Waals surface area contributed by atoms with Gasteiger partial charge in [-0.3, -0.25) is 14.9 Å². The molecule has 108 valence electrons. The van der Waals surface area contributed by atoms with E-state index in [9.17, 15) is 0 Å². The Morgan fingerprint density at radius 3 is 2.47 bits per heavy atom. The van der Waals surface area contributed by atoms with Crippen LogP contribution in [0.5, 0.6) is 0 Å². The lowest BCUT2D eigenvalue weighted by molar-refractivity contribution is 0.138. The fourth-order valence-corrected chi connectivity index (χ4v) is 2.31. The van der Waals surface area contributed by atoms with Crippen molar-refractivity contribution in [1.29, 1.82) is 0 Å². The summed E-state index contributed by atoms with van der Waals surface area (Å²) in [7, 11) is 0. The molecular formula is C15H28N4. The van der Waals surface area contributed by atoms with Gasteiger partial charge in [-0.05, 0) is 38.8 Å². The second-order valence-electron chi connectivity index (χ2n) is 6.04. The molecule has 0 aliphatic carbocycles. The van der Waals surface area contributed by atoms with Gasteiger partial charge < -0.3 is 5.73 Å². The van der Waals surface area contributed by atoms with Gasteiger partial charge in [0.25, 0.3) is 0 Å². The third-order valence-electron chi connectivity index (χ3n) is 3.56. The molecule has 0 aliphatic heterocycles. The van der Waals surface area contributed by atoms with Crippen LogP contribution in [0, 0.1) is 12.3 Å². The van der Waals surface area contributed by atoms with Crippen molar-refractivity contribution in [3.63, 3.8) is 0 Å². The van der Waals surface area contributed by atoms with Gasteiger partial charge in [0.05, 0.1) is 17.4 Å². The average Bonchev–Trinajstić information content (AvgIpc) is 2.38. The van der Waals surface area contributed by atoms with E-state index in [-0.39, 0.29) is 11.5 Å². The van der Waals surface area contributed by atoms with E-state index in [0.29, 0.717) is 6.54 Å². The maximum absolute atomic E-state index is 5.86. The molecule has 0 spiro atoms. The van der Waals surface area contributed by atoms with E-state index < -0.39 is 0 Å². The number of aryl methyl sites for hydroxylation is 1. The lowest BCUT2D eigenvalue weighted by Crippen LogP contribution is -2.40. The van der Waals surface area contributed by atoms with Gasteiger partial charge in [0.2, 0.25) is 0 Å². The molecule has 2 N–H and O–H groups in total. The van der Waals surface area contributed by atoms with Crippen LogP contribution in [0.25, 0.3) is 0 Å². The number of nitrogens with two attached hydrogens (primary N) is 1. The number of rotatable bonds is 7. The molecule has 1 aromatic heterocycles. The zero-order valence-corrected chi connectivity index (χ0v) is 13.0. The Morgan fingerprint density at radius 1 is 1.32 bits per heavy atom. The fraction of sp³-hybridized carbons (Fsp3) is 0.733. The first-order chi connectivity index (χ1) is 8.91. The van der Waals surface area contributed by atoms with Crippen LogP contribution in [-0.2, 0) is 0 Å². The van der Waals surface area contributed by atoms with Crippen molar-refractivity contribution in [3.05, 3.63) is 23.8 Å². The van der Waals surface area contributed by atoms with Gasteiger partial charge in [0, 0.05) is 18.9 Å². The zero-order chi connectivity index (χ0) is 14.5. The first kappa shape index (κ1) is 16.1. The first-order valence-corrected chi connectivity index (χ1v) is 7.13. The van der Waals surface area contributed by atoms with Crippen LogP contribution in [0.4, 0.5) is 0 Å². The minimum Gasteiger partial charge on any atom is -0.330 e. The Morgan fingerprint density at radius 2 is 1.95 bits per heavy atom. The Kier molecular flexibility index (Phi) is 5.88. The van der Waals surface area contributed by atoms with Gasteiger partial charge in [-0.1, -0.05) is 20.8 Å². The average molecular weight is 264 g/mol. The minimum atomic E-state index is 0.125. The van der Waals surface area contributed by atoms with Crippen LogP contribution in [0.15, 0.2) is 12.4 Å². The molecule has 0 amide bonds. The number of hydrogen-bond acceptors (Lipinski definition) is 4. The highest BCUT2D eigenvalue weighted by Crippen LogP contribution is 2.25. The lowest BCUT2D eigenvalue weighted by Gasteiger charge is -2.35. The van der Waals surface area contributed by atoms with Crippen molar-refractivity contribution < 1.29 is 0 Å². The summed E-state index contributed by atoms with van der Waals surface area (Å²) in [6.07, 6.45) is 4.65. The highest BCUT2D eigenvalue weighted by molar-refractivity contribution is 5.12. The van der Waals surface area contributed by atoms with Gasteiger partial charge in [-0.25, -0.2) is 0 Å². The second kappa shape index (κ2) is 6.96. The first-order valence-electron chi connectivity index (χ1n) is 7.13. The summed E-state index contributed by atoms with van der Waals surface area (Å²) in [5.41, 5.74) is 8.08. The molecule has 19 heavy (non-hydrogen) atoms. The Labute approximate surface area is 117 Å². The molecule has 0 bridgehead atoms. The largest absolute Gasteiger partial charge is 0.330 e. The van der Waals surface area contributed by atoms with Crippen molar-refractivity contribution in [2.45, 2.75) is 47.1 Å². The van der Waals surface area contributed by atoms with Gasteiger partial charge in [-0.15, -0.1) is 0 Å². The van der Waals surface area contributed by atoms with Gasteiger partial charge in [0.1, 0.15) is 0 Å². The van der Waals surface area contributed by atoms with Crippen molar-refractivity contribution >= 4 is 0 Å². The van der Waals surface area contributed by atoms with Crippen molar-refractivity contribution in [2.24, 2.45) is 11.1 Å². The summed E-state index contributed by atoms with van der Waals surface area (Å²) in [5.74, 6) is 0. The quantitative estimate of drug-likeness (QED) is 0.822. The molecule has 0 radical (unpaired) electrons. The third kappa shape index (κ3) is 4.55. The topological polar surface area (TPSA) is 55.0 Å². The third-order valence-corrected chi connectivity index (χ3v) is 3.56. The van der Waals surface area contributed by atoms with Crippen LogP contribution in [0.1, 0.15) is 51.5 Å². The smallest absolute Gasteiger partial charge is 0.0784 e. The second-order valence-corrected chi connectivity index (χ2v) is 6.04. The number of nitrogens with zero attached hydrogens (tertiary/aromatic N) is 3. The Hall–Kier alpha value is -1.00. The van der Waals surface area contributed by atoms with E-state index in [0.717, 1.165) is 30.9 Å². The summed E-state index contributed by atoms with van der Waals surface area (Å²) >= 11 is 0. The molecule has 4 heteroatoms. The molecule has 4 nitrogen and oxygen atoms in total. The van der Waals surface area contributed by atoms with E-state index in [4.69, 9.17) is 5.73 Å². The van der Waals surface area contributed by atoms with E-state index in [1.54, 1.807) is 12.4 Å². The normalized spacial score (nSPS) is 13.8. The lowest BCUT2D eigenvalue weighted by atomic mass is 9.92. The monoisotopic (exact) mass is 264 g/mol. The predicted octanol–water partition coefficient (Wildman–Crippen LogP) is 2.54. The number of aromatic nitrogens is 2. The van der Waals surface area contributed by atoms with Crippen LogP contribution >= 0.6 is 0 Å². The maximum Gasteiger partial charge on any atom is 0.0784 e. The van der Waals surface area contributed by atoms with E-state index in [1.807, 2.05) is 6.92 Å². The van der Waals surface area contributed by atoms with Gasteiger partial charge in [0.15, 0.2) is 0 Å². The van der Waals surface area contributed by atoms with Gasteiger partial charge in [-0.2, -0.15) is 0 Å². The van der Waals surface area contributed by atoms with E-state index in [1.165, 1.54) is 0 Å². The summed E-state index contributed by atoms with van der Waals surface area (Å²) < 4.78 is 0. The molecule has 1 heterocycles. The molecule has 1 unspecified atom stereocenters. The summed E-state index contributed by atoms with van der Waals surface area (Å²) in [6.45, 7) is 13.6. The molecule has 1 rings (SSSR count). The van der Waals surface area contributed by atoms with E-state index >= 15 is 0 Å². The zero-order valence-electron chi connectivity index (χ0n) is 13.0. The SMILES string of the molecule is CCCN(CC(C)(C)CN)C(C)c1nccnc1C. The molecule has 0 saturated carbocycles. The molecule has 0 fully saturated rings. The van der Waals surface area contributed by atoms with Crippen molar-refractivity contribution in [1.82, 2.24) is 14.9 Å². The highest BCUT2D eigenvalue weighted by Gasteiger charge is 2.25.